The maximum Gasteiger partial charge on any atom is 0.254 e. The standard InChI is InChI=1S/C19H25N3O2/c1-6-22(7-2)19(24)16-10-14(21-18(23)12(3)4)11-17-15(16)9-8-13(5)20-17/h8-12H,6-7H2,1-5H3,(H,21,23). The molecule has 5 nitrogen and oxygen atoms in total. The molecule has 0 fully saturated rings. The molecule has 0 saturated carbocycles. The summed E-state index contributed by atoms with van der Waals surface area (Å²) >= 11 is 0. The van der Waals surface area contributed by atoms with Crippen LogP contribution in [0.25, 0.3) is 10.9 Å². The molecule has 1 aromatic carbocycles. The zero-order chi connectivity index (χ0) is 17.9. The molecule has 0 aliphatic rings. The number of hydrogen-bond donors (Lipinski definition) is 1. The molecule has 5 heteroatoms. The van der Waals surface area contributed by atoms with E-state index in [0.29, 0.717) is 29.9 Å². The molecule has 24 heavy (non-hydrogen) atoms. The summed E-state index contributed by atoms with van der Waals surface area (Å²) in [6.07, 6.45) is 0. The van der Waals surface area contributed by atoms with Gasteiger partial charge in [0.25, 0.3) is 5.91 Å². The number of fused-ring (bicyclic) bond motifs is 1. The van der Waals surface area contributed by atoms with E-state index < -0.39 is 0 Å². The normalized spacial score (nSPS) is 10.9. The highest BCUT2D eigenvalue weighted by molar-refractivity contribution is 6.08. The molecule has 0 spiro atoms. The van der Waals surface area contributed by atoms with Crippen LogP contribution in [0.1, 0.15) is 43.7 Å². The third-order valence-corrected chi connectivity index (χ3v) is 4.02. The lowest BCUT2D eigenvalue weighted by Crippen LogP contribution is -2.30. The molecule has 0 aliphatic heterocycles. The van der Waals surface area contributed by atoms with Gasteiger partial charge in [-0.2, -0.15) is 0 Å². The van der Waals surface area contributed by atoms with E-state index in [1.54, 1.807) is 11.0 Å². The first-order valence-electron chi connectivity index (χ1n) is 8.38. The van der Waals surface area contributed by atoms with Gasteiger partial charge in [-0.3, -0.25) is 14.6 Å². The fourth-order valence-electron chi connectivity index (χ4n) is 2.55. The summed E-state index contributed by atoms with van der Waals surface area (Å²) in [6.45, 7) is 10.8. The number of carbonyl (C=O) groups is 2. The van der Waals surface area contributed by atoms with Crippen molar-refractivity contribution in [1.29, 1.82) is 0 Å². The van der Waals surface area contributed by atoms with Crippen LogP contribution < -0.4 is 5.32 Å². The monoisotopic (exact) mass is 327 g/mol. The molecular weight excluding hydrogens is 302 g/mol. The van der Waals surface area contributed by atoms with Crippen molar-refractivity contribution in [2.75, 3.05) is 18.4 Å². The van der Waals surface area contributed by atoms with Crippen molar-refractivity contribution >= 4 is 28.4 Å². The van der Waals surface area contributed by atoms with Crippen LogP contribution in [-0.2, 0) is 4.79 Å². The van der Waals surface area contributed by atoms with Crippen molar-refractivity contribution in [3.05, 3.63) is 35.5 Å². The van der Waals surface area contributed by atoms with E-state index in [2.05, 4.69) is 10.3 Å². The third kappa shape index (κ3) is 3.72. The molecule has 0 saturated heterocycles. The summed E-state index contributed by atoms with van der Waals surface area (Å²) in [5, 5.41) is 3.68. The number of hydrogen-bond acceptors (Lipinski definition) is 3. The molecular formula is C19H25N3O2. The Balaban J connectivity index is 2.58. The van der Waals surface area contributed by atoms with Gasteiger partial charge < -0.3 is 10.2 Å². The highest BCUT2D eigenvalue weighted by Gasteiger charge is 2.18. The molecule has 1 aromatic heterocycles. The molecule has 0 bridgehead atoms. The lowest BCUT2D eigenvalue weighted by atomic mass is 10.0. The predicted octanol–water partition coefficient (Wildman–Crippen LogP) is 3.62. The topological polar surface area (TPSA) is 62.3 Å². The van der Waals surface area contributed by atoms with Crippen molar-refractivity contribution in [3.63, 3.8) is 0 Å². The van der Waals surface area contributed by atoms with Gasteiger partial charge in [0.05, 0.1) is 11.1 Å². The zero-order valence-electron chi connectivity index (χ0n) is 15.0. The predicted molar refractivity (Wildman–Crippen MR) is 97.2 cm³/mol. The minimum Gasteiger partial charge on any atom is -0.339 e. The summed E-state index contributed by atoms with van der Waals surface area (Å²) in [7, 11) is 0. The number of rotatable bonds is 5. The average Bonchev–Trinajstić information content (AvgIpc) is 2.54. The Morgan fingerprint density at radius 1 is 1.17 bits per heavy atom. The summed E-state index contributed by atoms with van der Waals surface area (Å²) in [5.74, 6) is -0.257. The molecule has 2 aromatic rings. The van der Waals surface area contributed by atoms with E-state index in [-0.39, 0.29) is 17.7 Å². The number of benzene rings is 1. The first-order chi connectivity index (χ1) is 11.4. The molecule has 128 valence electrons. The minimum atomic E-state index is -0.131. The number of pyridine rings is 1. The molecule has 0 unspecified atom stereocenters. The highest BCUT2D eigenvalue weighted by atomic mass is 16.2. The molecule has 0 radical (unpaired) electrons. The summed E-state index contributed by atoms with van der Waals surface area (Å²) in [6, 6.07) is 7.39. The molecule has 1 N–H and O–H groups in total. The summed E-state index contributed by atoms with van der Waals surface area (Å²) in [5.41, 5.74) is 2.76. The first-order valence-corrected chi connectivity index (χ1v) is 8.38. The number of aromatic nitrogens is 1. The number of nitrogens with one attached hydrogen (secondary N) is 1. The number of amides is 2. The van der Waals surface area contributed by atoms with E-state index in [9.17, 15) is 9.59 Å². The van der Waals surface area contributed by atoms with Crippen LogP contribution in [0.2, 0.25) is 0 Å². The lowest BCUT2D eigenvalue weighted by Gasteiger charge is -2.20. The van der Waals surface area contributed by atoms with Crippen molar-refractivity contribution in [3.8, 4) is 0 Å². The quantitative estimate of drug-likeness (QED) is 0.912. The zero-order valence-corrected chi connectivity index (χ0v) is 15.0. The first kappa shape index (κ1) is 17.9. The van der Waals surface area contributed by atoms with E-state index in [4.69, 9.17) is 0 Å². The number of nitrogens with zero attached hydrogens (tertiary/aromatic N) is 2. The fourth-order valence-corrected chi connectivity index (χ4v) is 2.55. The maximum atomic E-state index is 12.9. The smallest absolute Gasteiger partial charge is 0.254 e. The molecule has 2 rings (SSSR count). The van der Waals surface area contributed by atoms with Crippen LogP contribution in [0, 0.1) is 12.8 Å². The molecule has 2 amide bonds. The second kappa shape index (κ2) is 7.43. The second-order valence-corrected chi connectivity index (χ2v) is 6.16. The van der Waals surface area contributed by atoms with Gasteiger partial charge in [-0.1, -0.05) is 19.9 Å². The van der Waals surface area contributed by atoms with Gasteiger partial charge in [0.1, 0.15) is 0 Å². The number of anilines is 1. The Bertz CT molecular complexity index is 765. The van der Waals surface area contributed by atoms with E-state index in [0.717, 1.165) is 11.1 Å². The second-order valence-electron chi connectivity index (χ2n) is 6.16. The Hall–Kier alpha value is -2.43. The van der Waals surface area contributed by atoms with Crippen LogP contribution in [0.15, 0.2) is 24.3 Å². The Morgan fingerprint density at radius 3 is 2.42 bits per heavy atom. The van der Waals surface area contributed by atoms with E-state index in [1.807, 2.05) is 52.8 Å². The van der Waals surface area contributed by atoms with Gasteiger partial charge in [-0.15, -0.1) is 0 Å². The van der Waals surface area contributed by atoms with Crippen LogP contribution >= 0.6 is 0 Å². The minimum absolute atomic E-state index is 0.0451. The molecule has 0 aliphatic carbocycles. The van der Waals surface area contributed by atoms with Crippen LogP contribution in [0.5, 0.6) is 0 Å². The van der Waals surface area contributed by atoms with Crippen molar-refractivity contribution in [2.45, 2.75) is 34.6 Å². The highest BCUT2D eigenvalue weighted by Crippen LogP contribution is 2.25. The Morgan fingerprint density at radius 2 is 1.83 bits per heavy atom. The average molecular weight is 327 g/mol. The van der Waals surface area contributed by atoms with Crippen molar-refractivity contribution < 1.29 is 9.59 Å². The number of carbonyl (C=O) groups excluding carboxylic acids is 2. The fraction of sp³-hybridized carbons (Fsp3) is 0.421. The van der Waals surface area contributed by atoms with Gasteiger partial charge in [-0.25, -0.2) is 0 Å². The Labute approximate surface area is 143 Å². The molecule has 0 atom stereocenters. The Kier molecular flexibility index (Phi) is 5.54. The summed E-state index contributed by atoms with van der Waals surface area (Å²) < 4.78 is 0. The van der Waals surface area contributed by atoms with Gasteiger partial charge in [0.15, 0.2) is 0 Å². The lowest BCUT2D eigenvalue weighted by molar-refractivity contribution is -0.118. The van der Waals surface area contributed by atoms with E-state index in [1.165, 1.54) is 0 Å². The van der Waals surface area contributed by atoms with Crippen LogP contribution in [0.3, 0.4) is 0 Å². The molecule has 1 heterocycles. The van der Waals surface area contributed by atoms with Gasteiger partial charge in [0.2, 0.25) is 5.91 Å². The van der Waals surface area contributed by atoms with Crippen molar-refractivity contribution in [2.24, 2.45) is 5.92 Å². The van der Waals surface area contributed by atoms with Crippen LogP contribution in [0.4, 0.5) is 5.69 Å². The van der Waals surface area contributed by atoms with Crippen LogP contribution in [-0.4, -0.2) is 34.8 Å². The third-order valence-electron chi connectivity index (χ3n) is 4.02. The van der Waals surface area contributed by atoms with E-state index >= 15 is 0 Å². The van der Waals surface area contributed by atoms with Gasteiger partial charge >= 0.3 is 0 Å². The van der Waals surface area contributed by atoms with Gasteiger partial charge in [-0.05, 0) is 39.0 Å². The summed E-state index contributed by atoms with van der Waals surface area (Å²) in [4.78, 5) is 31.2. The largest absolute Gasteiger partial charge is 0.339 e. The SMILES string of the molecule is CCN(CC)C(=O)c1cc(NC(=O)C(C)C)cc2nc(C)ccc12. The van der Waals surface area contributed by atoms with Crippen molar-refractivity contribution in [1.82, 2.24) is 9.88 Å². The maximum absolute atomic E-state index is 12.9. The number of aryl methyl sites for hydroxylation is 1. The van der Waals surface area contributed by atoms with Gasteiger partial charge in [0, 0.05) is 35.8 Å².